The lowest BCUT2D eigenvalue weighted by molar-refractivity contribution is -0.137. The minimum absolute atomic E-state index is 0.0375. The van der Waals surface area contributed by atoms with Crippen LogP contribution in [0.1, 0.15) is 30.9 Å². The number of amides is 1. The summed E-state index contributed by atoms with van der Waals surface area (Å²) in [6, 6.07) is 5.54. The van der Waals surface area contributed by atoms with Gasteiger partial charge in [0.25, 0.3) is 0 Å². The van der Waals surface area contributed by atoms with Crippen LogP contribution in [0, 0.1) is 0 Å². The Bertz CT molecular complexity index is 486. The lowest BCUT2D eigenvalue weighted by Crippen LogP contribution is -2.32. The largest absolute Gasteiger partial charge is 0.416 e. The van der Waals surface area contributed by atoms with Crippen LogP contribution in [-0.2, 0) is 16.7 Å². The highest BCUT2D eigenvalue weighted by Gasteiger charge is 2.30. The van der Waals surface area contributed by atoms with Gasteiger partial charge in [-0.3, -0.25) is 4.79 Å². The van der Waals surface area contributed by atoms with E-state index in [1.807, 2.05) is 0 Å². The molecule has 1 atom stereocenters. The van der Waals surface area contributed by atoms with Gasteiger partial charge < -0.3 is 5.32 Å². The zero-order chi connectivity index (χ0) is 14.8. The second-order valence-electron chi connectivity index (χ2n) is 4.93. The monoisotopic (exact) mass is 303 g/mol. The van der Waals surface area contributed by atoms with Crippen LogP contribution in [0.4, 0.5) is 13.2 Å². The molecule has 20 heavy (non-hydrogen) atoms. The molecule has 1 saturated carbocycles. The molecule has 2 nitrogen and oxygen atoms in total. The number of nitrogens with one attached hydrogen (secondary N) is 1. The van der Waals surface area contributed by atoms with Gasteiger partial charge in [-0.05, 0) is 31.4 Å². The van der Waals surface area contributed by atoms with Crippen molar-refractivity contribution in [2.75, 3.05) is 0 Å². The van der Waals surface area contributed by atoms with Crippen molar-refractivity contribution in [3.8, 4) is 0 Å². The van der Waals surface area contributed by atoms with E-state index in [9.17, 15) is 18.0 Å². The zero-order valence-electron chi connectivity index (χ0n) is 11.0. The molecule has 1 amide bonds. The van der Waals surface area contributed by atoms with Gasteiger partial charge in [-0.25, -0.2) is 0 Å². The van der Waals surface area contributed by atoms with Crippen LogP contribution in [-0.4, -0.2) is 17.2 Å². The molecule has 0 radical (unpaired) electrons. The molecule has 1 fully saturated rings. The van der Waals surface area contributed by atoms with E-state index in [0.29, 0.717) is 17.4 Å². The molecule has 1 N–H and O–H groups in total. The second-order valence-corrected chi connectivity index (χ2v) is 6.26. The molecule has 1 aromatic rings. The first-order valence-electron chi connectivity index (χ1n) is 6.44. The third-order valence-corrected chi connectivity index (χ3v) is 4.26. The van der Waals surface area contributed by atoms with Gasteiger partial charge in [-0.1, -0.05) is 18.2 Å². The first kappa shape index (κ1) is 15.2. The van der Waals surface area contributed by atoms with Crippen LogP contribution >= 0.6 is 11.8 Å². The standard InChI is InChI=1S/C14H16F3NOS/c1-9(13(19)18-12-5-6-12)20-8-10-3-2-4-11(7-10)14(15,16)17/h2-4,7,9,12H,5-6,8H2,1H3,(H,18,19)/t9-/m1/s1. The van der Waals surface area contributed by atoms with Crippen molar-refractivity contribution < 1.29 is 18.0 Å². The van der Waals surface area contributed by atoms with Crippen molar-refractivity contribution in [3.05, 3.63) is 35.4 Å². The van der Waals surface area contributed by atoms with Crippen molar-refractivity contribution >= 4 is 17.7 Å². The zero-order valence-corrected chi connectivity index (χ0v) is 11.9. The number of rotatable bonds is 5. The molecule has 0 aliphatic heterocycles. The number of thioether (sulfide) groups is 1. The molecule has 0 saturated heterocycles. The smallest absolute Gasteiger partial charge is 0.352 e. The lowest BCUT2D eigenvalue weighted by atomic mass is 10.1. The third-order valence-electron chi connectivity index (χ3n) is 3.05. The van der Waals surface area contributed by atoms with Gasteiger partial charge >= 0.3 is 6.18 Å². The molecule has 1 aliphatic rings. The van der Waals surface area contributed by atoms with E-state index < -0.39 is 11.7 Å². The number of carbonyl (C=O) groups is 1. The Kier molecular flexibility index (Phi) is 4.62. The van der Waals surface area contributed by atoms with Gasteiger partial charge in [-0.15, -0.1) is 11.8 Å². The summed E-state index contributed by atoms with van der Waals surface area (Å²) >= 11 is 1.35. The van der Waals surface area contributed by atoms with Crippen molar-refractivity contribution in [2.24, 2.45) is 0 Å². The quantitative estimate of drug-likeness (QED) is 0.900. The average molecular weight is 303 g/mol. The Hall–Kier alpha value is -1.17. The number of hydrogen-bond acceptors (Lipinski definition) is 2. The predicted molar refractivity (Wildman–Crippen MR) is 73.4 cm³/mol. The minimum Gasteiger partial charge on any atom is -0.352 e. The van der Waals surface area contributed by atoms with E-state index in [4.69, 9.17) is 0 Å². The lowest BCUT2D eigenvalue weighted by Gasteiger charge is -2.12. The van der Waals surface area contributed by atoms with Gasteiger partial charge in [0, 0.05) is 11.8 Å². The molecule has 1 aromatic carbocycles. The van der Waals surface area contributed by atoms with Crippen LogP contribution in [0.5, 0.6) is 0 Å². The van der Waals surface area contributed by atoms with Crippen LogP contribution in [0.15, 0.2) is 24.3 Å². The fourth-order valence-corrected chi connectivity index (χ4v) is 2.52. The van der Waals surface area contributed by atoms with E-state index in [1.54, 1.807) is 13.0 Å². The third kappa shape index (κ3) is 4.44. The van der Waals surface area contributed by atoms with Crippen LogP contribution < -0.4 is 5.32 Å². The van der Waals surface area contributed by atoms with E-state index in [2.05, 4.69) is 5.32 Å². The summed E-state index contributed by atoms with van der Waals surface area (Å²) in [4.78, 5) is 11.7. The summed E-state index contributed by atoms with van der Waals surface area (Å²) in [6.45, 7) is 1.77. The Labute approximate surface area is 120 Å². The Morgan fingerprint density at radius 3 is 2.75 bits per heavy atom. The first-order chi connectivity index (χ1) is 9.36. The topological polar surface area (TPSA) is 29.1 Å². The molecule has 0 unspecified atom stereocenters. The highest BCUT2D eigenvalue weighted by molar-refractivity contribution is 7.99. The summed E-state index contributed by atoms with van der Waals surface area (Å²) < 4.78 is 37.7. The van der Waals surface area contributed by atoms with Gasteiger partial charge in [0.2, 0.25) is 5.91 Å². The molecule has 2 rings (SSSR count). The van der Waals surface area contributed by atoms with Gasteiger partial charge in [0.1, 0.15) is 0 Å². The number of halogens is 3. The van der Waals surface area contributed by atoms with Crippen LogP contribution in [0.2, 0.25) is 0 Å². The Balaban J connectivity index is 1.88. The maximum Gasteiger partial charge on any atom is 0.416 e. The van der Waals surface area contributed by atoms with E-state index >= 15 is 0 Å². The fraction of sp³-hybridized carbons (Fsp3) is 0.500. The number of alkyl halides is 3. The SMILES string of the molecule is C[C@@H](SCc1cccc(C(F)(F)F)c1)C(=O)NC1CC1. The Morgan fingerprint density at radius 1 is 1.45 bits per heavy atom. The normalized spacial score (nSPS) is 16.8. The highest BCUT2D eigenvalue weighted by Crippen LogP contribution is 2.30. The summed E-state index contributed by atoms with van der Waals surface area (Å²) in [7, 11) is 0. The fourth-order valence-electron chi connectivity index (χ4n) is 1.68. The maximum atomic E-state index is 12.6. The van der Waals surface area contributed by atoms with E-state index in [1.165, 1.54) is 17.8 Å². The summed E-state index contributed by atoms with van der Waals surface area (Å²) in [5.41, 5.74) is -0.0680. The van der Waals surface area contributed by atoms with Crippen LogP contribution in [0.25, 0.3) is 0 Å². The molecule has 0 aromatic heterocycles. The molecule has 1 aliphatic carbocycles. The molecule has 6 heteroatoms. The van der Waals surface area contributed by atoms with Crippen molar-refractivity contribution in [2.45, 2.75) is 43.0 Å². The minimum atomic E-state index is -4.32. The van der Waals surface area contributed by atoms with Gasteiger partial charge in [0.15, 0.2) is 0 Å². The summed E-state index contributed by atoms with van der Waals surface area (Å²) in [6.07, 6.45) is -2.27. The van der Waals surface area contributed by atoms with Gasteiger partial charge in [-0.2, -0.15) is 13.2 Å². The highest BCUT2D eigenvalue weighted by atomic mass is 32.2. The summed E-state index contributed by atoms with van der Waals surface area (Å²) in [5, 5.41) is 2.63. The molecular formula is C14H16F3NOS. The Morgan fingerprint density at radius 2 is 2.15 bits per heavy atom. The first-order valence-corrected chi connectivity index (χ1v) is 7.49. The summed E-state index contributed by atoms with van der Waals surface area (Å²) in [5.74, 6) is 0.355. The van der Waals surface area contributed by atoms with Crippen LogP contribution in [0.3, 0.4) is 0 Å². The molecular weight excluding hydrogens is 287 g/mol. The maximum absolute atomic E-state index is 12.6. The van der Waals surface area contributed by atoms with Crippen molar-refractivity contribution in [1.82, 2.24) is 5.32 Å². The number of hydrogen-bond donors (Lipinski definition) is 1. The average Bonchev–Trinajstić information content (AvgIpc) is 3.19. The molecule has 110 valence electrons. The van der Waals surface area contributed by atoms with Crippen molar-refractivity contribution in [1.29, 1.82) is 0 Å². The molecule has 0 heterocycles. The predicted octanol–water partition coefficient (Wildman–Crippen LogP) is 3.61. The van der Waals surface area contributed by atoms with Crippen molar-refractivity contribution in [3.63, 3.8) is 0 Å². The van der Waals surface area contributed by atoms with E-state index in [0.717, 1.165) is 25.0 Å². The number of benzene rings is 1. The number of carbonyl (C=O) groups excluding carboxylic acids is 1. The molecule has 0 spiro atoms. The molecule has 0 bridgehead atoms. The van der Waals surface area contributed by atoms with Gasteiger partial charge in [0.05, 0.1) is 10.8 Å². The van der Waals surface area contributed by atoms with E-state index in [-0.39, 0.29) is 11.2 Å². The second kappa shape index (κ2) is 6.08.